The van der Waals surface area contributed by atoms with Gasteiger partial charge in [-0.25, -0.2) is 9.18 Å². The van der Waals surface area contributed by atoms with Crippen LogP contribution >= 0.6 is 0 Å². The summed E-state index contributed by atoms with van der Waals surface area (Å²) in [5.74, 6) is 0.497. The summed E-state index contributed by atoms with van der Waals surface area (Å²) in [6, 6.07) is 5.01. The molecule has 4 rings (SSSR count). The standard InChI is InChI=1S/C24H35FN4O3/c25-20-9-8-19(14-21(20)32-15-18-6-7-18)24(16-26-17-24)27-11-4-2-1-3-5-12-29-13-10-22(30)28-23(29)31/h8-9,14,18,26-27H,1-7,10-13,15-17H2,(H,28,30,31). The summed E-state index contributed by atoms with van der Waals surface area (Å²) in [6.07, 6.45) is 8.13. The van der Waals surface area contributed by atoms with Crippen molar-refractivity contribution in [3.05, 3.63) is 29.6 Å². The van der Waals surface area contributed by atoms with Crippen LogP contribution in [0.3, 0.4) is 0 Å². The van der Waals surface area contributed by atoms with Gasteiger partial charge in [-0.2, -0.15) is 0 Å². The van der Waals surface area contributed by atoms with Gasteiger partial charge in [0.2, 0.25) is 5.91 Å². The molecular weight excluding hydrogens is 411 g/mol. The zero-order chi connectivity index (χ0) is 22.4. The lowest BCUT2D eigenvalue weighted by atomic mass is 9.84. The Balaban J connectivity index is 1.14. The van der Waals surface area contributed by atoms with Crippen molar-refractivity contribution in [2.24, 2.45) is 5.92 Å². The highest BCUT2D eigenvalue weighted by atomic mass is 19.1. The van der Waals surface area contributed by atoms with Crippen molar-refractivity contribution in [3.8, 4) is 5.75 Å². The lowest BCUT2D eigenvalue weighted by molar-refractivity contribution is -0.121. The Kier molecular flexibility index (Phi) is 7.63. The summed E-state index contributed by atoms with van der Waals surface area (Å²) < 4.78 is 19.9. The molecule has 0 spiro atoms. The van der Waals surface area contributed by atoms with E-state index in [1.165, 1.54) is 18.9 Å². The first-order valence-electron chi connectivity index (χ1n) is 12.0. The first kappa shape index (κ1) is 23.0. The fraction of sp³-hybridized carbons (Fsp3) is 0.667. The molecule has 1 saturated carbocycles. The summed E-state index contributed by atoms with van der Waals surface area (Å²) in [4.78, 5) is 24.6. The summed E-state index contributed by atoms with van der Waals surface area (Å²) in [6.45, 7) is 4.43. The molecule has 0 bridgehead atoms. The molecule has 0 atom stereocenters. The molecule has 0 unspecified atom stereocenters. The third-order valence-corrected chi connectivity index (χ3v) is 6.72. The summed E-state index contributed by atoms with van der Waals surface area (Å²) in [7, 11) is 0. The highest BCUT2D eigenvalue weighted by Crippen LogP contribution is 2.33. The highest BCUT2D eigenvalue weighted by Gasteiger charge is 2.38. The first-order valence-corrected chi connectivity index (χ1v) is 12.0. The van der Waals surface area contributed by atoms with Gasteiger partial charge >= 0.3 is 6.03 Å². The Morgan fingerprint density at radius 2 is 1.91 bits per heavy atom. The first-order chi connectivity index (χ1) is 15.6. The summed E-state index contributed by atoms with van der Waals surface area (Å²) in [5, 5.41) is 9.40. The molecule has 8 heteroatoms. The maximum Gasteiger partial charge on any atom is 0.324 e. The third kappa shape index (κ3) is 5.98. The molecule has 1 aromatic rings. The molecule has 3 amide bonds. The smallest absolute Gasteiger partial charge is 0.324 e. The average Bonchev–Trinajstić information content (AvgIpc) is 3.57. The minimum atomic E-state index is -0.287. The molecule has 2 aliphatic heterocycles. The number of carbonyl (C=O) groups excluding carboxylic acids is 2. The van der Waals surface area contributed by atoms with Crippen LogP contribution in [0.25, 0.3) is 0 Å². The molecule has 0 radical (unpaired) electrons. The fourth-order valence-electron chi connectivity index (χ4n) is 4.31. The predicted molar refractivity (Wildman–Crippen MR) is 120 cm³/mol. The van der Waals surface area contributed by atoms with Crippen molar-refractivity contribution in [3.63, 3.8) is 0 Å². The van der Waals surface area contributed by atoms with E-state index in [0.717, 1.165) is 57.3 Å². The van der Waals surface area contributed by atoms with Crippen LogP contribution in [0, 0.1) is 11.7 Å². The maximum absolute atomic E-state index is 14.2. The van der Waals surface area contributed by atoms with Gasteiger partial charge in [0.15, 0.2) is 11.6 Å². The lowest BCUT2D eigenvalue weighted by Gasteiger charge is -2.44. The summed E-state index contributed by atoms with van der Waals surface area (Å²) in [5.41, 5.74) is 0.937. The minimum absolute atomic E-state index is 0.148. The number of rotatable bonds is 13. The van der Waals surface area contributed by atoms with E-state index in [-0.39, 0.29) is 23.3 Å². The van der Waals surface area contributed by atoms with E-state index >= 15 is 0 Å². The number of urea groups is 1. The van der Waals surface area contributed by atoms with Gasteiger partial charge in [0.25, 0.3) is 0 Å². The van der Waals surface area contributed by atoms with Crippen molar-refractivity contribution in [2.45, 2.75) is 56.9 Å². The number of nitrogens with one attached hydrogen (secondary N) is 3. The van der Waals surface area contributed by atoms with E-state index in [1.807, 2.05) is 12.1 Å². The SMILES string of the molecule is O=C1CCN(CCCCCCCNC2(c3ccc(F)c(OCC4CC4)c3)CNC2)C(=O)N1. The van der Waals surface area contributed by atoms with E-state index in [1.54, 1.807) is 4.90 Å². The largest absolute Gasteiger partial charge is 0.490 e. The van der Waals surface area contributed by atoms with Gasteiger partial charge in [-0.1, -0.05) is 25.3 Å². The zero-order valence-corrected chi connectivity index (χ0v) is 18.8. The molecule has 7 nitrogen and oxygen atoms in total. The van der Waals surface area contributed by atoms with E-state index in [2.05, 4.69) is 16.0 Å². The zero-order valence-electron chi connectivity index (χ0n) is 18.8. The number of benzene rings is 1. The topological polar surface area (TPSA) is 82.7 Å². The molecular formula is C24H35FN4O3. The van der Waals surface area contributed by atoms with Gasteiger partial charge in [-0.3, -0.25) is 10.1 Å². The van der Waals surface area contributed by atoms with Crippen molar-refractivity contribution in [2.75, 3.05) is 39.3 Å². The van der Waals surface area contributed by atoms with Crippen LogP contribution in [-0.2, 0) is 10.3 Å². The minimum Gasteiger partial charge on any atom is -0.490 e. The van der Waals surface area contributed by atoms with Crippen molar-refractivity contribution in [1.82, 2.24) is 20.9 Å². The fourth-order valence-corrected chi connectivity index (χ4v) is 4.31. The Morgan fingerprint density at radius 3 is 2.62 bits per heavy atom. The Hall–Kier alpha value is -2.19. The van der Waals surface area contributed by atoms with Gasteiger partial charge in [-0.15, -0.1) is 0 Å². The molecule has 176 valence electrons. The Labute approximate surface area is 189 Å². The van der Waals surface area contributed by atoms with Gasteiger partial charge in [0, 0.05) is 32.6 Å². The lowest BCUT2D eigenvalue weighted by Crippen LogP contribution is -2.65. The number of carbonyl (C=O) groups is 2. The van der Waals surface area contributed by atoms with Gasteiger partial charge in [0.1, 0.15) is 0 Å². The molecule has 2 heterocycles. The van der Waals surface area contributed by atoms with Crippen LogP contribution in [0.4, 0.5) is 9.18 Å². The average molecular weight is 447 g/mol. The molecule has 32 heavy (non-hydrogen) atoms. The number of unbranched alkanes of at least 4 members (excludes halogenated alkanes) is 4. The van der Waals surface area contributed by atoms with Crippen LogP contribution in [0.15, 0.2) is 18.2 Å². The number of halogens is 1. The number of nitrogens with zero attached hydrogens (tertiary/aromatic N) is 1. The van der Waals surface area contributed by atoms with Crippen molar-refractivity contribution < 1.29 is 18.7 Å². The number of imide groups is 1. The van der Waals surface area contributed by atoms with Crippen molar-refractivity contribution >= 4 is 11.9 Å². The van der Waals surface area contributed by atoms with E-state index in [4.69, 9.17) is 4.74 Å². The molecule has 3 N–H and O–H groups in total. The predicted octanol–water partition coefficient (Wildman–Crippen LogP) is 2.90. The van der Waals surface area contributed by atoms with E-state index in [0.29, 0.717) is 37.8 Å². The van der Waals surface area contributed by atoms with Crippen molar-refractivity contribution in [1.29, 1.82) is 0 Å². The number of hydrogen-bond acceptors (Lipinski definition) is 5. The summed E-state index contributed by atoms with van der Waals surface area (Å²) >= 11 is 0. The van der Waals surface area contributed by atoms with Crippen LogP contribution in [0.1, 0.15) is 56.9 Å². The van der Waals surface area contributed by atoms with Gasteiger partial charge in [-0.05, 0) is 55.8 Å². The molecule has 1 aliphatic carbocycles. The van der Waals surface area contributed by atoms with E-state index < -0.39 is 0 Å². The number of ether oxygens (including phenoxy) is 1. The Bertz CT molecular complexity index is 810. The third-order valence-electron chi connectivity index (χ3n) is 6.72. The van der Waals surface area contributed by atoms with E-state index in [9.17, 15) is 14.0 Å². The second-order valence-electron chi connectivity index (χ2n) is 9.37. The quantitative estimate of drug-likeness (QED) is 0.406. The molecule has 2 saturated heterocycles. The van der Waals surface area contributed by atoms with Crippen LogP contribution in [0.5, 0.6) is 5.75 Å². The van der Waals surface area contributed by atoms with Gasteiger partial charge < -0.3 is 20.3 Å². The van der Waals surface area contributed by atoms with Crippen LogP contribution in [0.2, 0.25) is 0 Å². The second kappa shape index (κ2) is 10.6. The molecule has 3 fully saturated rings. The Morgan fingerprint density at radius 1 is 1.12 bits per heavy atom. The van der Waals surface area contributed by atoms with Crippen LogP contribution in [-0.4, -0.2) is 56.2 Å². The monoisotopic (exact) mass is 446 g/mol. The second-order valence-corrected chi connectivity index (χ2v) is 9.37. The molecule has 0 aromatic heterocycles. The van der Waals surface area contributed by atoms with Crippen LogP contribution < -0.4 is 20.7 Å². The number of hydrogen-bond donors (Lipinski definition) is 3. The maximum atomic E-state index is 14.2. The number of amides is 3. The normalized spacial score (nSPS) is 20.1. The van der Waals surface area contributed by atoms with Gasteiger partial charge in [0.05, 0.1) is 12.1 Å². The molecule has 3 aliphatic rings. The highest BCUT2D eigenvalue weighted by molar-refractivity contribution is 5.96. The molecule has 1 aromatic carbocycles.